The summed E-state index contributed by atoms with van der Waals surface area (Å²) in [5.74, 6) is -1.64. The van der Waals surface area contributed by atoms with Crippen LogP contribution in [0.15, 0.2) is 43.0 Å². The van der Waals surface area contributed by atoms with Gasteiger partial charge in [-0.05, 0) is 17.7 Å². The Labute approximate surface area is 109 Å². The lowest BCUT2D eigenvalue weighted by Gasteiger charge is -2.07. The first-order valence-corrected chi connectivity index (χ1v) is 5.53. The Bertz CT molecular complexity index is 599. The highest BCUT2D eigenvalue weighted by molar-refractivity contribution is 6.04. The molecule has 1 amide bonds. The van der Waals surface area contributed by atoms with Crippen LogP contribution < -0.4 is 5.32 Å². The summed E-state index contributed by atoms with van der Waals surface area (Å²) in [5.41, 5.74) is 0.805. The molecule has 6 heteroatoms. The van der Waals surface area contributed by atoms with Crippen LogP contribution in [0.25, 0.3) is 0 Å². The number of carboxylic acids is 1. The standard InChI is InChI=1S/C13H11N3O3/c17-12(16-7-9-2-1-4-14-6-9)10-3-5-15-8-11(10)13(18)19/h1-6,8H,7H2,(H,16,17)(H,18,19). The van der Waals surface area contributed by atoms with E-state index >= 15 is 0 Å². The van der Waals surface area contributed by atoms with E-state index in [-0.39, 0.29) is 17.7 Å². The fraction of sp³-hybridized carbons (Fsp3) is 0.0769. The van der Waals surface area contributed by atoms with Crippen molar-refractivity contribution in [2.45, 2.75) is 6.54 Å². The smallest absolute Gasteiger partial charge is 0.338 e. The van der Waals surface area contributed by atoms with E-state index in [9.17, 15) is 9.59 Å². The van der Waals surface area contributed by atoms with Crippen LogP contribution in [-0.4, -0.2) is 27.0 Å². The Hall–Kier alpha value is -2.76. The van der Waals surface area contributed by atoms with Crippen molar-refractivity contribution in [2.75, 3.05) is 0 Å². The Kier molecular flexibility index (Phi) is 3.82. The average molecular weight is 257 g/mol. The van der Waals surface area contributed by atoms with Crippen LogP contribution >= 0.6 is 0 Å². The summed E-state index contributed by atoms with van der Waals surface area (Å²) in [4.78, 5) is 30.5. The summed E-state index contributed by atoms with van der Waals surface area (Å²) in [5, 5.41) is 11.6. The molecule has 0 radical (unpaired) electrons. The molecular weight excluding hydrogens is 246 g/mol. The van der Waals surface area contributed by atoms with Gasteiger partial charge in [0.05, 0.1) is 11.1 Å². The van der Waals surface area contributed by atoms with Crippen molar-refractivity contribution >= 4 is 11.9 Å². The van der Waals surface area contributed by atoms with E-state index in [4.69, 9.17) is 5.11 Å². The van der Waals surface area contributed by atoms with Crippen LogP contribution in [0.1, 0.15) is 26.3 Å². The number of amides is 1. The topological polar surface area (TPSA) is 92.2 Å². The van der Waals surface area contributed by atoms with Gasteiger partial charge in [0.15, 0.2) is 0 Å². The van der Waals surface area contributed by atoms with E-state index in [1.807, 2.05) is 6.07 Å². The number of pyridine rings is 2. The Morgan fingerprint density at radius 2 is 1.89 bits per heavy atom. The van der Waals surface area contributed by atoms with Gasteiger partial charge in [-0.25, -0.2) is 4.79 Å². The van der Waals surface area contributed by atoms with Crippen molar-refractivity contribution in [1.29, 1.82) is 0 Å². The van der Waals surface area contributed by atoms with Crippen molar-refractivity contribution in [2.24, 2.45) is 0 Å². The zero-order chi connectivity index (χ0) is 13.7. The van der Waals surface area contributed by atoms with Gasteiger partial charge in [0.25, 0.3) is 5.91 Å². The molecule has 0 aliphatic rings. The van der Waals surface area contributed by atoms with E-state index in [1.165, 1.54) is 12.3 Å². The summed E-state index contributed by atoms with van der Waals surface area (Å²) in [6.45, 7) is 0.286. The van der Waals surface area contributed by atoms with Crippen LogP contribution in [0.4, 0.5) is 0 Å². The van der Waals surface area contributed by atoms with E-state index in [1.54, 1.807) is 18.5 Å². The maximum atomic E-state index is 11.9. The van der Waals surface area contributed by atoms with Crippen molar-refractivity contribution < 1.29 is 14.7 Å². The summed E-state index contributed by atoms with van der Waals surface area (Å²) in [7, 11) is 0. The number of rotatable bonds is 4. The molecule has 0 saturated carbocycles. The van der Waals surface area contributed by atoms with E-state index < -0.39 is 11.9 Å². The monoisotopic (exact) mass is 257 g/mol. The number of nitrogens with zero attached hydrogens (tertiary/aromatic N) is 2. The third kappa shape index (κ3) is 3.12. The largest absolute Gasteiger partial charge is 0.478 e. The minimum Gasteiger partial charge on any atom is -0.478 e. The quantitative estimate of drug-likeness (QED) is 0.855. The van der Waals surface area contributed by atoms with Crippen molar-refractivity contribution in [3.63, 3.8) is 0 Å². The van der Waals surface area contributed by atoms with Gasteiger partial charge in [-0.3, -0.25) is 14.8 Å². The van der Waals surface area contributed by atoms with Crippen LogP contribution in [0.5, 0.6) is 0 Å². The summed E-state index contributed by atoms with van der Waals surface area (Å²) < 4.78 is 0. The number of aromatic carboxylic acids is 1. The third-order valence-corrected chi connectivity index (χ3v) is 2.47. The zero-order valence-corrected chi connectivity index (χ0v) is 9.91. The van der Waals surface area contributed by atoms with Crippen molar-refractivity contribution in [1.82, 2.24) is 15.3 Å². The normalized spacial score (nSPS) is 9.89. The summed E-state index contributed by atoms with van der Waals surface area (Å²) >= 11 is 0. The molecule has 0 aliphatic carbocycles. The maximum absolute atomic E-state index is 11.9. The summed E-state index contributed by atoms with van der Waals surface area (Å²) in [6.07, 6.45) is 5.80. The summed E-state index contributed by atoms with van der Waals surface area (Å²) in [6, 6.07) is 4.95. The highest BCUT2D eigenvalue weighted by atomic mass is 16.4. The number of aromatic nitrogens is 2. The van der Waals surface area contributed by atoms with Gasteiger partial charge < -0.3 is 10.4 Å². The molecule has 0 aliphatic heterocycles. The maximum Gasteiger partial charge on any atom is 0.338 e. The second kappa shape index (κ2) is 5.72. The first kappa shape index (κ1) is 12.7. The van der Waals surface area contributed by atoms with Crippen LogP contribution in [0.2, 0.25) is 0 Å². The van der Waals surface area contributed by atoms with Crippen molar-refractivity contribution in [3.05, 3.63) is 59.7 Å². The number of carboxylic acid groups (broad SMARTS) is 1. The molecule has 0 bridgehead atoms. The molecule has 0 fully saturated rings. The van der Waals surface area contributed by atoms with E-state index in [2.05, 4.69) is 15.3 Å². The first-order valence-electron chi connectivity index (χ1n) is 5.53. The molecular formula is C13H11N3O3. The van der Waals surface area contributed by atoms with Crippen LogP contribution in [0.3, 0.4) is 0 Å². The molecule has 2 aromatic heterocycles. The van der Waals surface area contributed by atoms with Gasteiger partial charge in [-0.1, -0.05) is 6.07 Å². The minimum absolute atomic E-state index is 0.0893. The number of hydrogen-bond acceptors (Lipinski definition) is 4. The van der Waals surface area contributed by atoms with Gasteiger partial charge in [0, 0.05) is 31.3 Å². The van der Waals surface area contributed by atoms with Crippen LogP contribution in [0, 0.1) is 0 Å². The predicted molar refractivity (Wildman–Crippen MR) is 66.6 cm³/mol. The van der Waals surface area contributed by atoms with Crippen molar-refractivity contribution in [3.8, 4) is 0 Å². The van der Waals surface area contributed by atoms with E-state index in [0.717, 1.165) is 11.8 Å². The molecule has 2 rings (SSSR count). The lowest BCUT2D eigenvalue weighted by molar-refractivity contribution is 0.0690. The number of hydrogen-bond donors (Lipinski definition) is 2. The highest BCUT2D eigenvalue weighted by Crippen LogP contribution is 2.07. The molecule has 2 aromatic rings. The second-order valence-corrected chi connectivity index (χ2v) is 3.77. The average Bonchev–Trinajstić information content (AvgIpc) is 2.46. The SMILES string of the molecule is O=C(O)c1cnccc1C(=O)NCc1cccnc1. The fourth-order valence-corrected chi connectivity index (χ4v) is 1.54. The molecule has 0 atom stereocenters. The Morgan fingerprint density at radius 3 is 2.58 bits per heavy atom. The molecule has 96 valence electrons. The molecule has 0 unspecified atom stereocenters. The van der Waals surface area contributed by atoms with Gasteiger partial charge >= 0.3 is 5.97 Å². The van der Waals surface area contributed by atoms with E-state index in [0.29, 0.717) is 0 Å². The van der Waals surface area contributed by atoms with Gasteiger partial charge in [0.1, 0.15) is 0 Å². The molecule has 0 spiro atoms. The zero-order valence-electron chi connectivity index (χ0n) is 9.91. The highest BCUT2D eigenvalue weighted by Gasteiger charge is 2.15. The van der Waals surface area contributed by atoms with Gasteiger partial charge in [-0.15, -0.1) is 0 Å². The molecule has 19 heavy (non-hydrogen) atoms. The third-order valence-electron chi connectivity index (χ3n) is 2.47. The number of carbonyl (C=O) groups excluding carboxylic acids is 1. The predicted octanol–water partition coefficient (Wildman–Crippen LogP) is 1.10. The molecule has 2 N–H and O–H groups in total. The van der Waals surface area contributed by atoms with Crippen LogP contribution in [-0.2, 0) is 6.54 Å². The Balaban J connectivity index is 2.10. The number of nitrogens with one attached hydrogen (secondary N) is 1. The molecule has 0 saturated heterocycles. The Morgan fingerprint density at radius 1 is 1.11 bits per heavy atom. The lowest BCUT2D eigenvalue weighted by Crippen LogP contribution is -2.25. The lowest BCUT2D eigenvalue weighted by atomic mass is 10.1. The minimum atomic E-state index is -1.18. The fourth-order valence-electron chi connectivity index (χ4n) is 1.54. The molecule has 6 nitrogen and oxygen atoms in total. The second-order valence-electron chi connectivity index (χ2n) is 3.77. The molecule has 0 aromatic carbocycles. The van der Waals surface area contributed by atoms with Gasteiger partial charge in [0.2, 0.25) is 0 Å². The first-order chi connectivity index (χ1) is 9.18. The molecule has 2 heterocycles. The van der Waals surface area contributed by atoms with Gasteiger partial charge in [-0.2, -0.15) is 0 Å². The number of carbonyl (C=O) groups is 2.